The first-order chi connectivity index (χ1) is 17.6. The van der Waals surface area contributed by atoms with Gasteiger partial charge in [0, 0.05) is 50.1 Å². The summed E-state index contributed by atoms with van der Waals surface area (Å²) >= 11 is 0. The second-order valence-corrected chi connectivity index (χ2v) is 9.17. The largest absolute Gasteiger partial charge is 0.379 e. The summed E-state index contributed by atoms with van der Waals surface area (Å²) in [6, 6.07) is 16.2. The summed E-state index contributed by atoms with van der Waals surface area (Å²) in [5.41, 5.74) is 4.56. The fourth-order valence-corrected chi connectivity index (χ4v) is 4.79. The predicted octanol–water partition coefficient (Wildman–Crippen LogP) is 3.82. The number of ether oxygens (including phenoxy) is 1. The minimum absolute atomic E-state index is 0.000508. The molecule has 1 amide bonds. The highest BCUT2D eigenvalue weighted by molar-refractivity contribution is 6.01. The number of aromatic nitrogens is 5. The highest BCUT2D eigenvalue weighted by atomic mass is 16.5. The maximum absolute atomic E-state index is 13.3. The number of rotatable bonds is 7. The SMILES string of the molecule is COC1CCC1NC(=O)c1cnn2c(N(C)Cc3ccccc3)cc(-c3c[nH]c4ncccc34)nc12. The second-order valence-electron chi connectivity index (χ2n) is 9.17. The van der Waals surface area contributed by atoms with E-state index in [9.17, 15) is 4.79 Å². The Bertz CT molecular complexity index is 1540. The average molecular weight is 482 g/mol. The van der Waals surface area contributed by atoms with Gasteiger partial charge in [-0.3, -0.25) is 4.79 Å². The lowest BCUT2D eigenvalue weighted by atomic mass is 9.89. The molecule has 5 aromatic rings. The number of fused-ring (bicyclic) bond motifs is 2. The fourth-order valence-electron chi connectivity index (χ4n) is 4.79. The average Bonchev–Trinajstić information content (AvgIpc) is 3.51. The first-order valence-electron chi connectivity index (χ1n) is 12.0. The molecule has 1 aliphatic rings. The maximum Gasteiger partial charge on any atom is 0.257 e. The van der Waals surface area contributed by atoms with Gasteiger partial charge in [-0.15, -0.1) is 0 Å². The number of nitrogens with one attached hydrogen (secondary N) is 2. The van der Waals surface area contributed by atoms with Crippen LogP contribution in [0.4, 0.5) is 5.82 Å². The van der Waals surface area contributed by atoms with Crippen molar-refractivity contribution in [3.8, 4) is 11.3 Å². The van der Waals surface area contributed by atoms with Crippen LogP contribution >= 0.6 is 0 Å². The van der Waals surface area contributed by atoms with E-state index in [2.05, 4.69) is 37.4 Å². The van der Waals surface area contributed by atoms with E-state index < -0.39 is 0 Å². The van der Waals surface area contributed by atoms with Gasteiger partial charge in [0.2, 0.25) is 0 Å². The third kappa shape index (κ3) is 3.87. The van der Waals surface area contributed by atoms with Gasteiger partial charge in [0.05, 0.1) is 24.0 Å². The van der Waals surface area contributed by atoms with Gasteiger partial charge >= 0.3 is 0 Å². The molecule has 0 bridgehead atoms. The van der Waals surface area contributed by atoms with Crippen molar-refractivity contribution >= 4 is 28.4 Å². The first-order valence-corrected chi connectivity index (χ1v) is 12.0. The highest BCUT2D eigenvalue weighted by Crippen LogP contribution is 2.31. The Balaban J connectivity index is 1.45. The Hall–Kier alpha value is -4.24. The zero-order valence-electron chi connectivity index (χ0n) is 20.2. The molecule has 9 heteroatoms. The van der Waals surface area contributed by atoms with Crippen LogP contribution in [0.1, 0.15) is 28.8 Å². The summed E-state index contributed by atoms with van der Waals surface area (Å²) in [6.07, 6.45) is 7.15. The number of hydrogen-bond acceptors (Lipinski definition) is 6. The van der Waals surface area contributed by atoms with E-state index in [-0.39, 0.29) is 18.1 Å². The zero-order valence-corrected chi connectivity index (χ0v) is 20.2. The van der Waals surface area contributed by atoms with Gasteiger partial charge in [0.25, 0.3) is 5.91 Å². The molecule has 4 heterocycles. The van der Waals surface area contributed by atoms with E-state index >= 15 is 0 Å². The van der Waals surface area contributed by atoms with Crippen molar-refractivity contribution in [3.63, 3.8) is 0 Å². The Labute approximate surface area is 208 Å². The molecule has 9 nitrogen and oxygen atoms in total. The summed E-state index contributed by atoms with van der Waals surface area (Å²) in [7, 11) is 3.69. The monoisotopic (exact) mass is 481 g/mol. The van der Waals surface area contributed by atoms with Crippen LogP contribution in [0.25, 0.3) is 27.9 Å². The van der Waals surface area contributed by atoms with Crippen LogP contribution in [0.2, 0.25) is 0 Å². The maximum atomic E-state index is 13.3. The molecule has 1 aromatic carbocycles. The lowest BCUT2D eigenvalue weighted by Gasteiger charge is -2.35. The zero-order chi connectivity index (χ0) is 24.6. The van der Waals surface area contributed by atoms with Gasteiger partial charge in [-0.2, -0.15) is 9.61 Å². The smallest absolute Gasteiger partial charge is 0.257 e. The summed E-state index contributed by atoms with van der Waals surface area (Å²) in [4.78, 5) is 28.0. The van der Waals surface area contributed by atoms with Crippen LogP contribution in [-0.4, -0.2) is 56.8 Å². The summed E-state index contributed by atoms with van der Waals surface area (Å²) in [5.74, 6) is 0.633. The van der Waals surface area contributed by atoms with Gasteiger partial charge in [-0.25, -0.2) is 9.97 Å². The molecule has 2 atom stereocenters. The Morgan fingerprint density at radius 3 is 2.86 bits per heavy atom. The number of pyridine rings is 1. The minimum atomic E-state index is -0.196. The van der Waals surface area contributed by atoms with E-state index in [0.717, 1.165) is 41.0 Å². The predicted molar refractivity (Wildman–Crippen MR) is 138 cm³/mol. The molecule has 6 rings (SSSR count). The molecule has 36 heavy (non-hydrogen) atoms. The Morgan fingerprint density at radius 1 is 1.22 bits per heavy atom. The van der Waals surface area contributed by atoms with Crippen LogP contribution in [0.15, 0.2) is 67.1 Å². The topological polar surface area (TPSA) is 100 Å². The number of H-pyrrole nitrogens is 1. The molecular formula is C27H27N7O2. The number of carbonyl (C=O) groups excluding carboxylic acids is 1. The van der Waals surface area contributed by atoms with Gasteiger partial charge in [0.1, 0.15) is 17.0 Å². The Morgan fingerprint density at radius 2 is 2.08 bits per heavy atom. The third-order valence-electron chi connectivity index (χ3n) is 6.91. The van der Waals surface area contributed by atoms with Crippen molar-refractivity contribution in [2.75, 3.05) is 19.1 Å². The number of hydrogen-bond donors (Lipinski definition) is 2. The molecule has 1 fully saturated rings. The molecule has 0 radical (unpaired) electrons. The fraction of sp³-hybridized carbons (Fsp3) is 0.259. The van der Waals surface area contributed by atoms with E-state index in [0.29, 0.717) is 17.8 Å². The van der Waals surface area contributed by atoms with Crippen molar-refractivity contribution in [2.45, 2.75) is 31.5 Å². The van der Waals surface area contributed by atoms with Crippen molar-refractivity contribution in [3.05, 3.63) is 78.2 Å². The second kappa shape index (κ2) is 9.09. The molecule has 4 aromatic heterocycles. The standard InChI is InChI=1S/C27H27N7O2/c1-33(16-17-7-4-3-5-8-17)24-13-22(19-14-29-25-18(19)9-6-12-28-25)31-26-20(15-30-34(24)26)27(35)32-21-10-11-23(21)36-2/h3-9,12-15,21,23H,10-11,16H2,1-2H3,(H,28,29)(H,32,35). The number of carbonyl (C=O) groups is 1. The van der Waals surface area contributed by atoms with E-state index in [1.165, 1.54) is 5.56 Å². The van der Waals surface area contributed by atoms with Crippen molar-refractivity contribution in [2.24, 2.45) is 0 Å². The summed E-state index contributed by atoms with van der Waals surface area (Å²) < 4.78 is 7.19. The quantitative estimate of drug-likeness (QED) is 0.367. The lowest BCUT2D eigenvalue weighted by molar-refractivity contribution is 0.00732. The number of methoxy groups -OCH3 is 1. The minimum Gasteiger partial charge on any atom is -0.379 e. The van der Waals surface area contributed by atoms with Gasteiger partial charge in [-0.1, -0.05) is 30.3 Å². The van der Waals surface area contributed by atoms with Crippen molar-refractivity contribution < 1.29 is 9.53 Å². The van der Waals surface area contributed by atoms with E-state index in [1.807, 2.05) is 49.6 Å². The summed E-state index contributed by atoms with van der Waals surface area (Å²) in [6.45, 7) is 0.674. The molecule has 1 saturated carbocycles. The first kappa shape index (κ1) is 22.2. The van der Waals surface area contributed by atoms with Crippen LogP contribution in [0.3, 0.4) is 0 Å². The third-order valence-corrected chi connectivity index (χ3v) is 6.91. The van der Waals surface area contributed by atoms with Crippen molar-refractivity contribution in [1.82, 2.24) is 29.9 Å². The molecule has 0 aliphatic heterocycles. The molecule has 0 saturated heterocycles. The van der Waals surface area contributed by atoms with Crippen molar-refractivity contribution in [1.29, 1.82) is 0 Å². The number of aromatic amines is 1. The molecule has 182 valence electrons. The summed E-state index contributed by atoms with van der Waals surface area (Å²) in [5, 5.41) is 8.64. The Kier molecular flexibility index (Phi) is 5.61. The van der Waals surface area contributed by atoms with Gasteiger partial charge in [-0.05, 0) is 30.5 Å². The number of amides is 1. The van der Waals surface area contributed by atoms with E-state index in [1.54, 1.807) is 24.0 Å². The molecule has 0 spiro atoms. The van der Waals surface area contributed by atoms with Gasteiger partial charge in [0.15, 0.2) is 5.65 Å². The van der Waals surface area contributed by atoms with Crippen LogP contribution in [0, 0.1) is 0 Å². The van der Waals surface area contributed by atoms with Crippen LogP contribution in [-0.2, 0) is 11.3 Å². The van der Waals surface area contributed by atoms with Crippen LogP contribution < -0.4 is 10.2 Å². The molecule has 1 aliphatic carbocycles. The van der Waals surface area contributed by atoms with E-state index in [4.69, 9.17) is 9.72 Å². The molecular weight excluding hydrogens is 454 g/mol. The molecule has 2 unspecified atom stereocenters. The number of benzene rings is 1. The lowest BCUT2D eigenvalue weighted by Crippen LogP contribution is -2.51. The number of anilines is 1. The molecule has 2 N–H and O–H groups in total. The highest BCUT2D eigenvalue weighted by Gasteiger charge is 2.33. The van der Waals surface area contributed by atoms with Gasteiger partial charge < -0.3 is 19.9 Å². The van der Waals surface area contributed by atoms with Crippen LogP contribution in [0.5, 0.6) is 0 Å². The number of nitrogens with zero attached hydrogens (tertiary/aromatic N) is 5. The normalized spacial score (nSPS) is 17.3.